The molecule has 4 heteroatoms. The maximum absolute atomic E-state index is 4.42. The zero-order valence-electron chi connectivity index (χ0n) is 10.6. The van der Waals surface area contributed by atoms with Crippen LogP contribution in [0.25, 0.3) is 0 Å². The van der Waals surface area contributed by atoms with Crippen LogP contribution in [-0.2, 0) is 6.54 Å². The Morgan fingerprint density at radius 2 is 2.35 bits per heavy atom. The first-order valence-corrected chi connectivity index (χ1v) is 7.48. The van der Waals surface area contributed by atoms with Gasteiger partial charge in [0.2, 0.25) is 0 Å². The molecule has 2 atom stereocenters. The minimum atomic E-state index is 0.662. The van der Waals surface area contributed by atoms with E-state index < -0.39 is 0 Å². The van der Waals surface area contributed by atoms with Crippen LogP contribution in [0.1, 0.15) is 37.7 Å². The van der Waals surface area contributed by atoms with Crippen molar-refractivity contribution >= 4 is 11.8 Å². The van der Waals surface area contributed by atoms with Crippen molar-refractivity contribution in [2.45, 2.75) is 50.9 Å². The first-order valence-electron chi connectivity index (χ1n) is 6.43. The minimum absolute atomic E-state index is 0.662. The van der Waals surface area contributed by atoms with Crippen molar-refractivity contribution in [1.29, 1.82) is 0 Å². The number of aryl methyl sites for hydroxylation is 1. The number of rotatable bonds is 5. The second-order valence-corrected chi connectivity index (χ2v) is 6.02. The largest absolute Gasteiger partial charge is 0.307 e. The second-order valence-electron chi connectivity index (χ2n) is 4.51. The molecule has 0 saturated heterocycles. The van der Waals surface area contributed by atoms with Gasteiger partial charge in [-0.3, -0.25) is 0 Å². The summed E-state index contributed by atoms with van der Waals surface area (Å²) in [5, 5.41) is 4.44. The van der Waals surface area contributed by atoms with Gasteiger partial charge >= 0.3 is 0 Å². The van der Waals surface area contributed by atoms with Gasteiger partial charge in [-0.05, 0) is 31.6 Å². The van der Waals surface area contributed by atoms with Crippen LogP contribution in [0, 0.1) is 6.92 Å². The van der Waals surface area contributed by atoms with Crippen molar-refractivity contribution in [2.24, 2.45) is 0 Å². The Bertz CT molecular complexity index is 356. The van der Waals surface area contributed by atoms with Crippen LogP contribution in [0.5, 0.6) is 0 Å². The molecule has 0 bridgehead atoms. The number of hydrogen-bond acceptors (Lipinski definition) is 4. The lowest BCUT2D eigenvalue weighted by Gasteiger charge is -2.19. The summed E-state index contributed by atoms with van der Waals surface area (Å²) in [6.45, 7) is 5.05. The van der Waals surface area contributed by atoms with Gasteiger partial charge in [0.15, 0.2) is 0 Å². The molecule has 1 aromatic heterocycles. The molecule has 0 spiro atoms. The Kier molecular flexibility index (Phi) is 4.80. The van der Waals surface area contributed by atoms with E-state index in [0.29, 0.717) is 6.04 Å². The summed E-state index contributed by atoms with van der Waals surface area (Å²) in [6.07, 6.45) is 5.87. The van der Waals surface area contributed by atoms with Gasteiger partial charge in [-0.1, -0.05) is 13.3 Å². The SMILES string of the molecule is CCSC1CCCC1NCc1ccnc(C)n1. The van der Waals surface area contributed by atoms with Gasteiger partial charge in [0, 0.05) is 24.0 Å². The van der Waals surface area contributed by atoms with Gasteiger partial charge in [0.1, 0.15) is 5.82 Å². The standard InChI is InChI=1S/C13H21N3S/c1-3-17-13-6-4-5-12(13)15-9-11-7-8-14-10(2)16-11/h7-8,12-13,15H,3-6,9H2,1-2H3. The van der Waals surface area contributed by atoms with Gasteiger partial charge in [0.25, 0.3) is 0 Å². The maximum atomic E-state index is 4.42. The van der Waals surface area contributed by atoms with Crippen LogP contribution >= 0.6 is 11.8 Å². The summed E-state index contributed by atoms with van der Waals surface area (Å²) in [6, 6.07) is 2.66. The first kappa shape index (κ1) is 12.8. The van der Waals surface area contributed by atoms with Crippen molar-refractivity contribution in [3.05, 3.63) is 23.8 Å². The van der Waals surface area contributed by atoms with E-state index >= 15 is 0 Å². The Balaban J connectivity index is 1.85. The van der Waals surface area contributed by atoms with E-state index in [0.717, 1.165) is 23.3 Å². The third-order valence-electron chi connectivity index (χ3n) is 3.21. The molecule has 1 N–H and O–H groups in total. The van der Waals surface area contributed by atoms with Crippen LogP contribution in [0.2, 0.25) is 0 Å². The molecule has 1 fully saturated rings. The molecule has 1 heterocycles. The molecule has 17 heavy (non-hydrogen) atoms. The van der Waals surface area contributed by atoms with E-state index in [2.05, 4.69) is 34.0 Å². The van der Waals surface area contributed by atoms with Gasteiger partial charge in [0.05, 0.1) is 5.69 Å². The summed E-state index contributed by atoms with van der Waals surface area (Å²) in [4.78, 5) is 8.55. The topological polar surface area (TPSA) is 37.8 Å². The predicted molar refractivity (Wildman–Crippen MR) is 73.2 cm³/mol. The molecular formula is C13H21N3S. The number of nitrogens with zero attached hydrogens (tertiary/aromatic N) is 2. The molecule has 2 rings (SSSR count). The fourth-order valence-electron chi connectivity index (χ4n) is 2.41. The summed E-state index contributed by atoms with van der Waals surface area (Å²) >= 11 is 2.09. The number of hydrogen-bond donors (Lipinski definition) is 1. The molecule has 0 radical (unpaired) electrons. The van der Waals surface area contributed by atoms with Crippen molar-refractivity contribution in [3.63, 3.8) is 0 Å². The van der Waals surface area contributed by atoms with Crippen molar-refractivity contribution in [1.82, 2.24) is 15.3 Å². The lowest BCUT2D eigenvalue weighted by Crippen LogP contribution is -2.34. The van der Waals surface area contributed by atoms with Gasteiger partial charge in [-0.2, -0.15) is 11.8 Å². The Morgan fingerprint density at radius 1 is 1.47 bits per heavy atom. The molecule has 2 unspecified atom stereocenters. The summed E-state index contributed by atoms with van der Waals surface area (Å²) in [5.41, 5.74) is 1.10. The maximum Gasteiger partial charge on any atom is 0.125 e. The van der Waals surface area contributed by atoms with Gasteiger partial charge in [-0.25, -0.2) is 9.97 Å². The molecule has 0 aliphatic heterocycles. The highest BCUT2D eigenvalue weighted by Crippen LogP contribution is 2.29. The first-order chi connectivity index (χ1) is 8.29. The molecule has 1 aliphatic rings. The molecule has 1 aliphatic carbocycles. The van der Waals surface area contributed by atoms with Crippen LogP contribution in [0.15, 0.2) is 12.3 Å². The van der Waals surface area contributed by atoms with Crippen molar-refractivity contribution in [3.8, 4) is 0 Å². The highest BCUT2D eigenvalue weighted by atomic mass is 32.2. The minimum Gasteiger partial charge on any atom is -0.307 e. The quantitative estimate of drug-likeness (QED) is 0.873. The fourth-order valence-corrected chi connectivity index (χ4v) is 3.64. The van der Waals surface area contributed by atoms with Gasteiger partial charge in [-0.15, -0.1) is 0 Å². The van der Waals surface area contributed by atoms with Crippen LogP contribution in [0.4, 0.5) is 0 Å². The highest BCUT2D eigenvalue weighted by molar-refractivity contribution is 7.99. The van der Waals surface area contributed by atoms with Gasteiger partial charge < -0.3 is 5.32 Å². The van der Waals surface area contributed by atoms with Crippen molar-refractivity contribution in [2.75, 3.05) is 5.75 Å². The van der Waals surface area contributed by atoms with E-state index in [1.165, 1.54) is 25.0 Å². The summed E-state index contributed by atoms with van der Waals surface area (Å²) < 4.78 is 0. The Labute approximate surface area is 108 Å². The molecule has 94 valence electrons. The third-order valence-corrected chi connectivity index (χ3v) is 4.54. The van der Waals surface area contributed by atoms with E-state index in [9.17, 15) is 0 Å². The monoisotopic (exact) mass is 251 g/mol. The van der Waals surface area contributed by atoms with Crippen molar-refractivity contribution < 1.29 is 0 Å². The molecule has 1 saturated carbocycles. The normalized spacial score (nSPS) is 24.1. The third kappa shape index (κ3) is 3.68. The average molecular weight is 251 g/mol. The summed E-state index contributed by atoms with van der Waals surface area (Å²) in [7, 11) is 0. The molecule has 0 aromatic carbocycles. The molecule has 0 amide bonds. The molecule has 3 nitrogen and oxygen atoms in total. The van der Waals surface area contributed by atoms with Crippen LogP contribution < -0.4 is 5.32 Å². The Morgan fingerprint density at radius 3 is 3.12 bits per heavy atom. The Hall–Kier alpha value is -0.610. The summed E-state index contributed by atoms with van der Waals surface area (Å²) in [5.74, 6) is 2.07. The zero-order chi connectivity index (χ0) is 12.1. The lowest BCUT2D eigenvalue weighted by atomic mass is 10.2. The van der Waals surface area contributed by atoms with E-state index in [-0.39, 0.29) is 0 Å². The lowest BCUT2D eigenvalue weighted by molar-refractivity contribution is 0.526. The fraction of sp³-hybridized carbons (Fsp3) is 0.692. The predicted octanol–water partition coefficient (Wildman–Crippen LogP) is 2.55. The number of nitrogens with one attached hydrogen (secondary N) is 1. The average Bonchev–Trinajstić information content (AvgIpc) is 2.75. The van der Waals surface area contributed by atoms with Crippen LogP contribution in [0.3, 0.4) is 0 Å². The van der Waals surface area contributed by atoms with E-state index in [1.807, 2.05) is 19.2 Å². The number of aromatic nitrogens is 2. The van der Waals surface area contributed by atoms with E-state index in [4.69, 9.17) is 0 Å². The van der Waals surface area contributed by atoms with E-state index in [1.54, 1.807) is 0 Å². The molecule has 1 aromatic rings. The van der Waals surface area contributed by atoms with Crippen LogP contribution in [-0.4, -0.2) is 27.0 Å². The number of thioether (sulfide) groups is 1. The zero-order valence-corrected chi connectivity index (χ0v) is 11.5. The second kappa shape index (κ2) is 6.36. The molecular weight excluding hydrogens is 230 g/mol. The smallest absolute Gasteiger partial charge is 0.125 e. The highest BCUT2D eigenvalue weighted by Gasteiger charge is 2.26.